The van der Waals surface area contributed by atoms with Crippen LogP contribution in [0.25, 0.3) is 38.5 Å². The molecule has 2 heterocycles. The van der Waals surface area contributed by atoms with Gasteiger partial charge in [0.25, 0.3) is 5.56 Å². The monoisotopic (exact) mass is 413 g/mol. The standard InChI is InChI=1S/C24H16FN3O3/c1-31-21-8-4-7-18(25)22(21)14-9-10-17-19(11-14)27-24(30)28(23(17)29)20-13-26-12-15-5-2-3-6-16(15)20/h2-13H,1H3,(H,27,30). The molecule has 0 bridgehead atoms. The Morgan fingerprint density at radius 3 is 2.65 bits per heavy atom. The van der Waals surface area contributed by atoms with E-state index >= 15 is 0 Å². The first-order chi connectivity index (χ1) is 15.1. The molecule has 1 N–H and O–H groups in total. The van der Waals surface area contributed by atoms with E-state index < -0.39 is 17.1 Å². The van der Waals surface area contributed by atoms with E-state index in [1.54, 1.807) is 36.5 Å². The number of halogens is 1. The van der Waals surface area contributed by atoms with Crippen LogP contribution in [0.1, 0.15) is 0 Å². The van der Waals surface area contributed by atoms with Crippen LogP contribution in [0.2, 0.25) is 0 Å². The second kappa shape index (κ2) is 7.21. The van der Waals surface area contributed by atoms with E-state index in [4.69, 9.17) is 4.74 Å². The van der Waals surface area contributed by atoms with Gasteiger partial charge in [-0.15, -0.1) is 0 Å². The van der Waals surface area contributed by atoms with Crippen molar-refractivity contribution >= 4 is 21.7 Å². The van der Waals surface area contributed by atoms with Crippen molar-refractivity contribution in [1.82, 2.24) is 14.5 Å². The highest BCUT2D eigenvalue weighted by Crippen LogP contribution is 2.33. The molecule has 0 aliphatic heterocycles. The number of aromatic amines is 1. The van der Waals surface area contributed by atoms with Crippen LogP contribution >= 0.6 is 0 Å². The van der Waals surface area contributed by atoms with Gasteiger partial charge in [0.2, 0.25) is 0 Å². The van der Waals surface area contributed by atoms with E-state index in [2.05, 4.69) is 9.97 Å². The lowest BCUT2D eigenvalue weighted by atomic mass is 10.0. The van der Waals surface area contributed by atoms with Crippen LogP contribution in [0.4, 0.5) is 4.39 Å². The highest BCUT2D eigenvalue weighted by atomic mass is 19.1. The summed E-state index contributed by atoms with van der Waals surface area (Å²) in [4.78, 5) is 33.1. The van der Waals surface area contributed by atoms with Gasteiger partial charge >= 0.3 is 5.69 Å². The highest BCUT2D eigenvalue weighted by molar-refractivity contribution is 5.90. The summed E-state index contributed by atoms with van der Waals surface area (Å²) in [6.45, 7) is 0. The molecule has 0 amide bonds. The van der Waals surface area contributed by atoms with E-state index in [1.165, 1.54) is 19.4 Å². The molecule has 152 valence electrons. The summed E-state index contributed by atoms with van der Waals surface area (Å²) in [6.07, 6.45) is 3.16. The lowest BCUT2D eigenvalue weighted by Gasteiger charge is -2.12. The molecule has 31 heavy (non-hydrogen) atoms. The minimum atomic E-state index is -0.603. The number of nitrogens with zero attached hydrogens (tertiary/aromatic N) is 2. The molecule has 0 saturated heterocycles. The summed E-state index contributed by atoms with van der Waals surface area (Å²) in [5.74, 6) is -0.104. The number of ether oxygens (including phenoxy) is 1. The summed E-state index contributed by atoms with van der Waals surface area (Å²) in [6, 6.07) is 16.7. The molecule has 5 aromatic rings. The molecule has 0 atom stereocenters. The minimum absolute atomic E-state index is 0.259. The first-order valence-corrected chi connectivity index (χ1v) is 9.53. The lowest BCUT2D eigenvalue weighted by molar-refractivity contribution is 0.413. The molecule has 0 aliphatic carbocycles. The Morgan fingerprint density at radius 1 is 0.968 bits per heavy atom. The summed E-state index contributed by atoms with van der Waals surface area (Å²) >= 11 is 0. The molecule has 6 nitrogen and oxygen atoms in total. The van der Waals surface area contributed by atoms with Crippen LogP contribution < -0.4 is 16.0 Å². The maximum atomic E-state index is 14.5. The van der Waals surface area contributed by atoms with Gasteiger partial charge in [0.15, 0.2) is 0 Å². The van der Waals surface area contributed by atoms with Gasteiger partial charge < -0.3 is 9.72 Å². The van der Waals surface area contributed by atoms with Crippen molar-refractivity contribution in [3.05, 3.63) is 99.7 Å². The molecule has 0 radical (unpaired) electrons. The van der Waals surface area contributed by atoms with Crippen molar-refractivity contribution < 1.29 is 9.13 Å². The van der Waals surface area contributed by atoms with E-state index in [0.717, 1.165) is 15.3 Å². The first kappa shape index (κ1) is 18.7. The van der Waals surface area contributed by atoms with Crippen molar-refractivity contribution in [3.63, 3.8) is 0 Å². The number of rotatable bonds is 3. The smallest absolute Gasteiger partial charge is 0.333 e. The normalized spacial score (nSPS) is 11.2. The summed E-state index contributed by atoms with van der Waals surface area (Å²) in [5.41, 5.74) is 0.364. The molecule has 3 aromatic carbocycles. The second-order valence-corrected chi connectivity index (χ2v) is 7.03. The SMILES string of the molecule is COc1cccc(F)c1-c1ccc2c(=O)n(-c3cncc4ccccc34)c(=O)[nH]c2c1. The number of pyridine rings is 1. The van der Waals surface area contributed by atoms with E-state index in [1.807, 2.05) is 24.3 Å². The molecule has 0 unspecified atom stereocenters. The van der Waals surface area contributed by atoms with Gasteiger partial charge in [0, 0.05) is 17.0 Å². The molecule has 0 spiro atoms. The minimum Gasteiger partial charge on any atom is -0.496 e. The van der Waals surface area contributed by atoms with Gasteiger partial charge in [-0.2, -0.15) is 0 Å². The summed E-state index contributed by atoms with van der Waals surface area (Å²) in [7, 11) is 1.46. The fourth-order valence-corrected chi connectivity index (χ4v) is 3.83. The third-order valence-electron chi connectivity index (χ3n) is 5.27. The molecule has 0 aliphatic rings. The van der Waals surface area contributed by atoms with Crippen molar-refractivity contribution in [2.24, 2.45) is 0 Å². The first-order valence-electron chi connectivity index (χ1n) is 9.53. The molecule has 2 aromatic heterocycles. The lowest BCUT2D eigenvalue weighted by Crippen LogP contribution is -2.33. The third-order valence-corrected chi connectivity index (χ3v) is 5.27. The van der Waals surface area contributed by atoms with Crippen molar-refractivity contribution in [1.29, 1.82) is 0 Å². The Hall–Kier alpha value is -4.26. The maximum Gasteiger partial charge on any atom is 0.333 e. The Balaban J connectivity index is 1.77. The predicted molar refractivity (Wildman–Crippen MR) is 117 cm³/mol. The van der Waals surface area contributed by atoms with E-state index in [-0.39, 0.29) is 5.56 Å². The molecule has 0 fully saturated rings. The van der Waals surface area contributed by atoms with Crippen LogP contribution in [0.3, 0.4) is 0 Å². The highest BCUT2D eigenvalue weighted by Gasteiger charge is 2.16. The Kier molecular flexibility index (Phi) is 4.36. The van der Waals surface area contributed by atoms with Gasteiger partial charge in [-0.1, -0.05) is 36.4 Å². The Morgan fingerprint density at radius 2 is 1.81 bits per heavy atom. The number of aromatic nitrogens is 3. The Labute approximate surface area is 175 Å². The average Bonchev–Trinajstić information content (AvgIpc) is 2.78. The van der Waals surface area contributed by atoms with Gasteiger partial charge in [-0.05, 0) is 29.8 Å². The molecule has 7 heteroatoms. The van der Waals surface area contributed by atoms with Crippen molar-refractivity contribution in [2.75, 3.05) is 7.11 Å². The topological polar surface area (TPSA) is 77.0 Å². The van der Waals surface area contributed by atoms with Crippen LogP contribution in [0, 0.1) is 5.82 Å². The van der Waals surface area contributed by atoms with Crippen LogP contribution in [-0.4, -0.2) is 21.6 Å². The number of benzene rings is 3. The largest absolute Gasteiger partial charge is 0.496 e. The van der Waals surface area contributed by atoms with Crippen LogP contribution in [0.5, 0.6) is 5.75 Å². The molecule has 0 saturated carbocycles. The molecular weight excluding hydrogens is 397 g/mol. The quantitative estimate of drug-likeness (QED) is 0.484. The van der Waals surface area contributed by atoms with Gasteiger partial charge in [-0.3, -0.25) is 9.78 Å². The zero-order valence-electron chi connectivity index (χ0n) is 16.4. The molecular formula is C24H16FN3O3. The zero-order valence-corrected chi connectivity index (χ0v) is 16.4. The number of hydrogen-bond acceptors (Lipinski definition) is 4. The van der Waals surface area contributed by atoms with Gasteiger partial charge in [0.1, 0.15) is 11.6 Å². The van der Waals surface area contributed by atoms with Crippen molar-refractivity contribution in [3.8, 4) is 22.6 Å². The summed E-state index contributed by atoms with van der Waals surface area (Å²) in [5, 5.41) is 1.84. The Bertz CT molecular complexity index is 1580. The fraction of sp³-hybridized carbons (Fsp3) is 0.0417. The van der Waals surface area contributed by atoms with E-state index in [0.29, 0.717) is 27.9 Å². The summed E-state index contributed by atoms with van der Waals surface area (Å²) < 4.78 is 20.8. The third kappa shape index (κ3) is 2.98. The fourth-order valence-electron chi connectivity index (χ4n) is 3.83. The van der Waals surface area contributed by atoms with E-state index in [9.17, 15) is 14.0 Å². The average molecular weight is 413 g/mol. The van der Waals surface area contributed by atoms with Gasteiger partial charge in [0.05, 0.1) is 35.5 Å². The number of H-pyrrole nitrogens is 1. The second-order valence-electron chi connectivity index (χ2n) is 7.03. The number of methoxy groups -OCH3 is 1. The molecule has 5 rings (SSSR count). The van der Waals surface area contributed by atoms with Crippen LogP contribution in [0.15, 0.2) is 82.6 Å². The van der Waals surface area contributed by atoms with Gasteiger partial charge in [-0.25, -0.2) is 13.8 Å². The van der Waals surface area contributed by atoms with Crippen LogP contribution in [-0.2, 0) is 0 Å². The zero-order chi connectivity index (χ0) is 21.5. The number of fused-ring (bicyclic) bond motifs is 2. The number of nitrogens with one attached hydrogen (secondary N) is 1. The van der Waals surface area contributed by atoms with Crippen molar-refractivity contribution in [2.45, 2.75) is 0 Å². The maximum absolute atomic E-state index is 14.5. The number of hydrogen-bond donors (Lipinski definition) is 1. The predicted octanol–water partition coefficient (Wildman–Crippen LogP) is 4.04.